The summed E-state index contributed by atoms with van der Waals surface area (Å²) in [5, 5.41) is 3.07. The van der Waals surface area contributed by atoms with Crippen molar-refractivity contribution in [3.8, 4) is 0 Å². The number of nitrogens with one attached hydrogen (secondary N) is 1. The number of hydrogen-bond donors (Lipinski definition) is 1. The molecule has 0 rings (SSSR count). The summed E-state index contributed by atoms with van der Waals surface area (Å²) in [5.74, 6) is 0. The minimum absolute atomic E-state index is 0. The molecule has 0 atom stereocenters. The second kappa shape index (κ2) is 118. The summed E-state index contributed by atoms with van der Waals surface area (Å²) in [6.45, 7) is 15.1. The van der Waals surface area contributed by atoms with E-state index in [-0.39, 0.29) is 128 Å². The van der Waals surface area contributed by atoms with Gasteiger partial charge in [-0.15, -0.1) is 0 Å². The van der Waals surface area contributed by atoms with Gasteiger partial charge in [0.15, 0.2) is 0 Å². The standard InChI is InChI=1S/C5H9N.3C2H6.2CH4.10V.H2/c1-3-4-5-6-2;3*1-2;;;;;;;;;;;;;/h6H,5H2,1-2H3;3*1-2H3;2*1H4;;;;;;;;;;;1H/i;;;;;;;;;;;;;;;;1+1. The Labute approximate surface area is 262 Å². The van der Waals surface area contributed by atoms with E-state index in [1.54, 1.807) is 0 Å². The molecule has 0 aromatic carbocycles. The number of rotatable bonds is 3. The van der Waals surface area contributed by atoms with Gasteiger partial charge in [0.1, 0.15) is 0 Å². The molecule has 6 radical (unpaired) electrons. The van der Waals surface area contributed by atoms with Crippen LogP contribution in [0.25, 0.3) is 0 Å². The van der Waals surface area contributed by atoms with Crippen molar-refractivity contribution in [1.29, 1.82) is 0 Å². The summed E-state index contributed by atoms with van der Waals surface area (Å²) >= 11 is 9.59. The minimum atomic E-state index is 0. The topological polar surface area (TPSA) is 12.0 Å². The van der Waals surface area contributed by atoms with E-state index in [9.17, 15) is 0 Å². The van der Waals surface area contributed by atoms with Crippen LogP contribution >= 0.6 is 0 Å². The maximum atomic E-state index is 3.07. The predicted octanol–water partition coefficient (Wildman–Crippen LogP) is 4.24. The second-order valence-electron chi connectivity index (χ2n) is 1.56. The molecule has 0 heterocycles. The van der Waals surface area contributed by atoms with Crippen LogP contribution in [0.4, 0.5) is 0 Å². The third-order valence-corrected chi connectivity index (χ3v) is 2.40. The summed E-state index contributed by atoms with van der Waals surface area (Å²) in [7, 11) is 1.95. The molecule has 0 aliphatic carbocycles. The van der Waals surface area contributed by atoms with E-state index < -0.39 is 0 Å². The quantitative estimate of drug-likeness (QED) is 0.461. The molecule has 0 aromatic heterocycles. The van der Waals surface area contributed by atoms with Crippen molar-refractivity contribution >= 4 is 8.45 Å². The van der Waals surface area contributed by atoms with Gasteiger partial charge in [-0.3, -0.25) is 0 Å². The van der Waals surface area contributed by atoms with Gasteiger partial charge in [-0.1, -0.05) is 56.4 Å². The first kappa shape index (κ1) is 87.9. The van der Waals surface area contributed by atoms with Gasteiger partial charge in [0.25, 0.3) is 0 Å². The van der Waals surface area contributed by atoms with Crippen molar-refractivity contribution in [3.63, 3.8) is 0 Å². The average Bonchev–Trinajstić information content (AvgIpc) is 2.39. The first-order valence-corrected chi connectivity index (χ1v) is 10.2. The van der Waals surface area contributed by atoms with E-state index in [1.165, 1.54) is 8.45 Å². The molecule has 0 saturated heterocycles. The molecule has 0 spiro atoms. The maximum absolute atomic E-state index is 3.07. The SMILES string of the molecule is C.C.CC.CC.CC.CNC[C](=[V])[C](C)=[V].[2HH].[V].[V].[V].[V].[V].[V].[V]=[V]. The Kier molecular flexibility index (Phi) is 433. The van der Waals surface area contributed by atoms with Gasteiger partial charge in [0.05, 0.1) is 0 Å². The van der Waals surface area contributed by atoms with Gasteiger partial charge < -0.3 is 0 Å². The Bertz CT molecular complexity index is 144. The second-order valence-corrected chi connectivity index (χ2v) is 3.45. The molecule has 0 amide bonds. The molecule has 0 aliphatic rings. The first-order chi connectivity index (χ1) is 7.68. The monoisotopic (exact) mass is 718 g/mol. The molecule has 24 heavy (non-hydrogen) atoms. The van der Waals surface area contributed by atoms with Gasteiger partial charge in [-0.05, 0) is 0 Å². The average molecular weight is 718 g/mol. The zero-order chi connectivity index (χ0) is 14.6. The van der Waals surface area contributed by atoms with E-state index in [0.29, 0.717) is 0 Å². The number of hydrogen-bond acceptors (Lipinski definition) is 1. The molecular weight excluding hydrogens is 680 g/mol. The van der Waals surface area contributed by atoms with E-state index in [1.807, 2.05) is 48.6 Å². The van der Waals surface area contributed by atoms with Crippen LogP contribution in [0.5, 0.6) is 0 Å². The van der Waals surface area contributed by atoms with Crippen LogP contribution in [0.15, 0.2) is 0 Å². The van der Waals surface area contributed by atoms with Gasteiger partial charge >= 0.3 is 97.5 Å². The van der Waals surface area contributed by atoms with Crippen LogP contribution in [0.2, 0.25) is 0 Å². The molecule has 11 heteroatoms. The zero-order valence-corrected chi connectivity index (χ0v) is 28.6. The summed E-state index contributed by atoms with van der Waals surface area (Å²) in [6.07, 6.45) is 0. The third kappa shape index (κ3) is 123. The molecule has 0 unspecified atom stereocenters. The molecule has 0 saturated carbocycles. The van der Waals surface area contributed by atoms with Gasteiger partial charge in [-0.25, -0.2) is 0 Å². The van der Waals surface area contributed by atoms with Crippen molar-refractivity contribution in [1.82, 2.24) is 5.32 Å². The summed E-state index contributed by atoms with van der Waals surface area (Å²) in [4.78, 5) is 0. The fourth-order valence-electron chi connectivity index (χ4n) is 0.295. The van der Waals surface area contributed by atoms with E-state index in [2.05, 4.69) is 75.5 Å². The Hall–Kier alpha value is 5.54. The Morgan fingerprint density at radius 3 is 0.917 bits per heavy atom. The van der Waals surface area contributed by atoms with E-state index in [4.69, 9.17) is 0 Å². The van der Waals surface area contributed by atoms with E-state index in [0.717, 1.165) is 6.54 Å². The fourth-order valence-corrected chi connectivity index (χ4v) is 0.666. The first-order valence-electron chi connectivity index (χ1n) is 5.60. The summed E-state index contributed by atoms with van der Waals surface area (Å²) in [5.41, 5.74) is 0. The molecule has 0 fully saturated rings. The van der Waals surface area contributed by atoms with Crippen molar-refractivity contribution < 1.29 is 176 Å². The van der Waals surface area contributed by atoms with Crippen LogP contribution in [0, 0.1) is 0 Å². The van der Waals surface area contributed by atoms with Crippen LogP contribution in [0.1, 0.15) is 64.7 Å². The van der Waals surface area contributed by atoms with Crippen molar-refractivity contribution in [2.45, 2.75) is 63.3 Å². The van der Waals surface area contributed by atoms with Crippen LogP contribution < -0.4 is 5.32 Å². The van der Waals surface area contributed by atoms with E-state index >= 15 is 0 Å². The molecule has 0 aliphatic heterocycles. The van der Waals surface area contributed by atoms with Gasteiger partial charge in [-0.2, -0.15) is 0 Å². The normalized spacial score (nSPS) is 3.67. The van der Waals surface area contributed by atoms with Crippen molar-refractivity contribution in [3.05, 3.63) is 0 Å². The molecule has 0 aromatic rings. The van der Waals surface area contributed by atoms with Crippen LogP contribution in [0.3, 0.4) is 0 Å². The van der Waals surface area contributed by atoms with Gasteiger partial charge in [0.2, 0.25) is 0 Å². The predicted molar refractivity (Wildman–Crippen MR) is 79.2 cm³/mol. The van der Waals surface area contributed by atoms with Crippen LogP contribution in [-0.4, -0.2) is 22.0 Å². The zero-order valence-electron chi connectivity index (χ0n) is 14.7. The Morgan fingerprint density at radius 1 is 0.708 bits per heavy atom. The molecule has 144 valence electrons. The molecule has 0 bridgehead atoms. The summed E-state index contributed by atoms with van der Waals surface area (Å²) in [6, 6.07) is 0. The Balaban J connectivity index is -0.00000000537. The van der Waals surface area contributed by atoms with Crippen molar-refractivity contribution in [2.75, 3.05) is 13.6 Å². The molecular formula is C13H37NV10. The summed E-state index contributed by atoms with van der Waals surface area (Å²) < 4.78 is 2.67. The molecule has 1 N–H and O–H groups in total. The van der Waals surface area contributed by atoms with Gasteiger partial charge in [0, 0.05) is 113 Å². The fraction of sp³-hybridized carbons (Fsp3) is 0.846. The van der Waals surface area contributed by atoms with Crippen LogP contribution in [-0.2, 0) is 175 Å². The molecule has 1 nitrogen and oxygen atoms in total. The van der Waals surface area contributed by atoms with Crippen molar-refractivity contribution in [2.24, 2.45) is 0 Å². The Morgan fingerprint density at radius 2 is 0.875 bits per heavy atom. The third-order valence-electron chi connectivity index (χ3n) is 0.762.